The van der Waals surface area contributed by atoms with Gasteiger partial charge in [0.15, 0.2) is 5.75 Å². The predicted octanol–water partition coefficient (Wildman–Crippen LogP) is 4.76. The fourth-order valence-corrected chi connectivity index (χ4v) is 4.81. The van der Waals surface area contributed by atoms with E-state index in [-0.39, 0.29) is 27.7 Å². The highest BCUT2D eigenvalue weighted by Crippen LogP contribution is 2.32. The molecule has 3 rings (SSSR count). The molecule has 1 aromatic heterocycles. The molecule has 176 valence electrons. The van der Waals surface area contributed by atoms with Crippen molar-refractivity contribution in [2.24, 2.45) is 0 Å². The van der Waals surface area contributed by atoms with Crippen LogP contribution in [0.25, 0.3) is 11.0 Å². The maximum Gasteiger partial charge on any atom is 0.336 e. The molecule has 0 saturated heterocycles. The SMILES string of the molecule is CCCCC(NS(=O)(=O)c1ccc(C)cc1)C(=O)Oc1cc2oc(=O)cc(CC)c2cc1Cl. The third-order valence-electron chi connectivity index (χ3n) is 5.23. The van der Waals surface area contributed by atoms with Crippen molar-refractivity contribution in [1.82, 2.24) is 4.72 Å². The largest absolute Gasteiger partial charge is 0.424 e. The summed E-state index contributed by atoms with van der Waals surface area (Å²) in [7, 11) is -3.95. The zero-order valence-corrected chi connectivity index (χ0v) is 20.3. The highest BCUT2D eigenvalue weighted by molar-refractivity contribution is 7.89. The predicted molar refractivity (Wildman–Crippen MR) is 127 cm³/mol. The molecule has 3 aromatic rings. The molecule has 1 atom stereocenters. The number of carbonyl (C=O) groups is 1. The molecule has 9 heteroatoms. The van der Waals surface area contributed by atoms with E-state index < -0.39 is 27.7 Å². The lowest BCUT2D eigenvalue weighted by Gasteiger charge is -2.18. The van der Waals surface area contributed by atoms with Gasteiger partial charge in [-0.15, -0.1) is 0 Å². The molecule has 2 aromatic carbocycles. The first kappa shape index (κ1) is 25.0. The second-order valence-electron chi connectivity index (χ2n) is 7.77. The fraction of sp³-hybridized carbons (Fsp3) is 0.333. The van der Waals surface area contributed by atoms with Gasteiger partial charge in [0.05, 0.1) is 9.92 Å². The summed E-state index contributed by atoms with van der Waals surface area (Å²) in [6, 6.07) is 9.55. The number of aryl methyl sites for hydroxylation is 2. The molecule has 1 N–H and O–H groups in total. The number of nitrogens with one attached hydrogen (secondary N) is 1. The van der Waals surface area contributed by atoms with Gasteiger partial charge in [-0.1, -0.05) is 56.0 Å². The normalized spacial score (nSPS) is 12.6. The Balaban J connectivity index is 1.89. The lowest BCUT2D eigenvalue weighted by Crippen LogP contribution is -2.43. The van der Waals surface area contributed by atoms with Crippen molar-refractivity contribution in [2.75, 3.05) is 0 Å². The summed E-state index contributed by atoms with van der Waals surface area (Å²) in [4.78, 5) is 24.9. The summed E-state index contributed by atoms with van der Waals surface area (Å²) in [6.45, 7) is 5.68. The van der Waals surface area contributed by atoms with E-state index in [0.29, 0.717) is 18.2 Å². The molecule has 0 aliphatic rings. The Hall–Kier alpha value is -2.68. The van der Waals surface area contributed by atoms with Crippen molar-refractivity contribution >= 4 is 38.6 Å². The van der Waals surface area contributed by atoms with Crippen LogP contribution in [0, 0.1) is 6.92 Å². The Bertz CT molecular complexity index is 1320. The Morgan fingerprint density at radius 2 is 1.85 bits per heavy atom. The molecule has 0 aliphatic heterocycles. The van der Waals surface area contributed by atoms with Crippen molar-refractivity contribution in [1.29, 1.82) is 0 Å². The van der Waals surface area contributed by atoms with E-state index >= 15 is 0 Å². The van der Waals surface area contributed by atoms with Crippen LogP contribution >= 0.6 is 11.6 Å². The summed E-state index contributed by atoms with van der Waals surface area (Å²) in [5.41, 5.74) is 1.38. The molecular weight excluding hydrogens is 466 g/mol. The van der Waals surface area contributed by atoms with Crippen molar-refractivity contribution in [3.05, 3.63) is 69.0 Å². The second kappa shape index (κ2) is 10.5. The molecular formula is C24H26ClNO6S. The minimum absolute atomic E-state index is 0.0124. The zero-order chi connectivity index (χ0) is 24.2. The first-order chi connectivity index (χ1) is 15.6. The van der Waals surface area contributed by atoms with Gasteiger partial charge >= 0.3 is 11.6 Å². The van der Waals surface area contributed by atoms with Crippen LogP contribution in [0.2, 0.25) is 5.02 Å². The Morgan fingerprint density at radius 1 is 1.15 bits per heavy atom. The first-order valence-electron chi connectivity index (χ1n) is 10.7. The van der Waals surface area contributed by atoms with Crippen LogP contribution in [0.3, 0.4) is 0 Å². The molecule has 0 spiro atoms. The number of halogens is 1. The molecule has 0 bridgehead atoms. The van der Waals surface area contributed by atoms with E-state index in [4.69, 9.17) is 20.8 Å². The number of sulfonamides is 1. The molecule has 0 amide bonds. The molecule has 0 saturated carbocycles. The molecule has 7 nitrogen and oxygen atoms in total. The van der Waals surface area contributed by atoms with Crippen molar-refractivity contribution in [3.8, 4) is 5.75 Å². The summed E-state index contributed by atoms with van der Waals surface area (Å²) in [6.07, 6.45) is 2.21. The highest BCUT2D eigenvalue weighted by Gasteiger charge is 2.28. The van der Waals surface area contributed by atoms with E-state index in [2.05, 4.69) is 4.72 Å². The van der Waals surface area contributed by atoms with Gasteiger partial charge in [0, 0.05) is 17.5 Å². The molecule has 1 heterocycles. The second-order valence-corrected chi connectivity index (χ2v) is 9.89. The van der Waals surface area contributed by atoms with Crippen LogP contribution in [0.5, 0.6) is 5.75 Å². The molecule has 1 unspecified atom stereocenters. The Morgan fingerprint density at radius 3 is 2.48 bits per heavy atom. The van der Waals surface area contributed by atoms with E-state index in [9.17, 15) is 18.0 Å². The maximum atomic E-state index is 13.0. The quantitative estimate of drug-likeness (QED) is 0.263. The minimum Gasteiger partial charge on any atom is -0.424 e. The highest BCUT2D eigenvalue weighted by atomic mass is 35.5. The van der Waals surface area contributed by atoms with Gasteiger partial charge in [-0.25, -0.2) is 18.0 Å². The average Bonchev–Trinajstić information content (AvgIpc) is 2.77. The third-order valence-corrected chi connectivity index (χ3v) is 7.02. The molecule has 0 aliphatic carbocycles. The lowest BCUT2D eigenvalue weighted by molar-refractivity contribution is -0.136. The van der Waals surface area contributed by atoms with E-state index in [1.165, 1.54) is 24.3 Å². The zero-order valence-electron chi connectivity index (χ0n) is 18.7. The number of ether oxygens (including phenoxy) is 1. The van der Waals surface area contributed by atoms with Gasteiger partial charge in [-0.3, -0.25) is 0 Å². The maximum absolute atomic E-state index is 13.0. The fourth-order valence-electron chi connectivity index (χ4n) is 3.38. The standard InChI is InChI=1S/C24H26ClNO6S/c1-4-6-7-20(26-33(29,30)17-10-8-15(3)9-11-17)24(28)32-22-14-21-18(13-19(22)25)16(5-2)12-23(27)31-21/h8-14,20,26H,4-7H2,1-3H3. The van der Waals surface area contributed by atoms with Gasteiger partial charge in [0.2, 0.25) is 10.0 Å². The monoisotopic (exact) mass is 491 g/mol. The topological polar surface area (TPSA) is 103 Å². The van der Waals surface area contributed by atoms with Crippen LogP contribution in [-0.2, 0) is 21.2 Å². The Kier molecular flexibility index (Phi) is 7.94. The summed E-state index contributed by atoms with van der Waals surface area (Å²) < 4.78 is 38.8. The number of hydrogen-bond donors (Lipinski definition) is 1. The van der Waals surface area contributed by atoms with Crippen molar-refractivity contribution < 1.29 is 22.4 Å². The summed E-state index contributed by atoms with van der Waals surface area (Å²) in [5.74, 6) is -0.809. The number of benzene rings is 2. The Labute approximate surface area is 197 Å². The van der Waals surface area contributed by atoms with E-state index in [0.717, 1.165) is 17.5 Å². The molecule has 0 radical (unpaired) electrons. The number of hydrogen-bond acceptors (Lipinski definition) is 6. The number of rotatable bonds is 9. The van der Waals surface area contributed by atoms with Crippen LogP contribution in [0.4, 0.5) is 0 Å². The van der Waals surface area contributed by atoms with Gasteiger partial charge in [0.1, 0.15) is 11.6 Å². The van der Waals surface area contributed by atoms with Crippen molar-refractivity contribution in [3.63, 3.8) is 0 Å². The number of fused-ring (bicyclic) bond motifs is 1. The summed E-state index contributed by atoms with van der Waals surface area (Å²) in [5, 5.41) is 0.791. The van der Waals surface area contributed by atoms with E-state index in [1.807, 2.05) is 20.8 Å². The number of esters is 1. The number of unbranched alkanes of at least 4 members (excludes halogenated alkanes) is 1. The minimum atomic E-state index is -3.95. The smallest absolute Gasteiger partial charge is 0.336 e. The van der Waals surface area contributed by atoms with Crippen LogP contribution in [0.15, 0.2) is 56.6 Å². The van der Waals surface area contributed by atoms with Crippen molar-refractivity contribution in [2.45, 2.75) is 57.4 Å². The average molecular weight is 492 g/mol. The summed E-state index contributed by atoms with van der Waals surface area (Å²) >= 11 is 6.33. The molecule has 33 heavy (non-hydrogen) atoms. The van der Waals surface area contributed by atoms with Crippen LogP contribution in [0.1, 0.15) is 44.2 Å². The molecule has 0 fully saturated rings. The van der Waals surface area contributed by atoms with E-state index in [1.54, 1.807) is 18.2 Å². The first-order valence-corrected chi connectivity index (χ1v) is 12.6. The van der Waals surface area contributed by atoms with Gasteiger partial charge in [-0.05, 0) is 43.5 Å². The van der Waals surface area contributed by atoms with Gasteiger partial charge in [-0.2, -0.15) is 4.72 Å². The van der Waals surface area contributed by atoms with Gasteiger partial charge < -0.3 is 9.15 Å². The van der Waals surface area contributed by atoms with Crippen LogP contribution < -0.4 is 15.1 Å². The number of carbonyl (C=O) groups excluding carboxylic acids is 1. The van der Waals surface area contributed by atoms with Crippen LogP contribution in [-0.4, -0.2) is 20.4 Å². The van der Waals surface area contributed by atoms with Gasteiger partial charge in [0.25, 0.3) is 0 Å². The lowest BCUT2D eigenvalue weighted by atomic mass is 10.1. The third kappa shape index (κ3) is 6.01.